The van der Waals surface area contributed by atoms with Gasteiger partial charge < -0.3 is 10.1 Å². The van der Waals surface area contributed by atoms with Crippen LogP contribution in [0.5, 0.6) is 0 Å². The number of methoxy groups -OCH3 is 1. The second-order valence-electron chi connectivity index (χ2n) is 5.20. The van der Waals surface area contributed by atoms with E-state index in [0.717, 1.165) is 38.2 Å². The smallest absolute Gasteiger partial charge is 0.292 e. The summed E-state index contributed by atoms with van der Waals surface area (Å²) in [6, 6.07) is 5.27. The highest BCUT2D eigenvalue weighted by molar-refractivity contribution is 5.62. The van der Waals surface area contributed by atoms with Crippen molar-refractivity contribution in [1.29, 1.82) is 0 Å². The SMILES string of the molecule is CNc1cc(CN2CCC(COC)C2)ccc1[N+](=O)[O-]. The van der Waals surface area contributed by atoms with Crippen molar-refractivity contribution in [2.24, 2.45) is 5.92 Å². The molecule has 0 saturated carbocycles. The molecule has 1 atom stereocenters. The van der Waals surface area contributed by atoms with Gasteiger partial charge in [0.1, 0.15) is 5.69 Å². The Bertz CT molecular complexity index is 479. The molecule has 110 valence electrons. The van der Waals surface area contributed by atoms with Crippen LogP contribution < -0.4 is 5.32 Å². The minimum absolute atomic E-state index is 0.120. The maximum Gasteiger partial charge on any atom is 0.292 e. The van der Waals surface area contributed by atoms with Crippen LogP contribution in [0.2, 0.25) is 0 Å². The fourth-order valence-corrected chi connectivity index (χ4v) is 2.73. The van der Waals surface area contributed by atoms with Gasteiger partial charge in [-0.15, -0.1) is 0 Å². The molecular weight excluding hydrogens is 258 g/mol. The molecule has 1 unspecified atom stereocenters. The molecule has 1 aliphatic rings. The third kappa shape index (κ3) is 3.46. The fraction of sp³-hybridized carbons (Fsp3) is 0.571. The van der Waals surface area contributed by atoms with Crippen molar-refractivity contribution in [1.82, 2.24) is 4.90 Å². The topological polar surface area (TPSA) is 67.6 Å². The molecule has 1 heterocycles. The Morgan fingerprint density at radius 1 is 1.55 bits per heavy atom. The highest BCUT2D eigenvalue weighted by atomic mass is 16.6. The molecule has 1 N–H and O–H groups in total. The Morgan fingerprint density at radius 2 is 2.35 bits per heavy atom. The number of benzene rings is 1. The van der Waals surface area contributed by atoms with Crippen molar-refractivity contribution in [2.75, 3.05) is 39.2 Å². The Balaban J connectivity index is 2.02. The predicted octanol–water partition coefficient (Wildman–Crippen LogP) is 2.10. The molecule has 0 aliphatic carbocycles. The van der Waals surface area contributed by atoms with Crippen molar-refractivity contribution in [3.8, 4) is 0 Å². The van der Waals surface area contributed by atoms with Crippen LogP contribution in [0.3, 0.4) is 0 Å². The lowest BCUT2D eigenvalue weighted by Gasteiger charge is -2.16. The number of ether oxygens (including phenoxy) is 1. The number of nitro benzene ring substituents is 1. The molecule has 1 aromatic carbocycles. The van der Waals surface area contributed by atoms with E-state index in [2.05, 4.69) is 10.2 Å². The van der Waals surface area contributed by atoms with E-state index in [1.54, 1.807) is 20.2 Å². The van der Waals surface area contributed by atoms with E-state index in [1.165, 1.54) is 0 Å². The third-order valence-electron chi connectivity index (χ3n) is 3.71. The molecular formula is C14H21N3O3. The zero-order valence-electron chi connectivity index (χ0n) is 12.0. The van der Waals surface area contributed by atoms with E-state index in [-0.39, 0.29) is 10.6 Å². The number of nitrogens with zero attached hydrogens (tertiary/aromatic N) is 2. The van der Waals surface area contributed by atoms with Crippen LogP contribution in [-0.4, -0.2) is 43.7 Å². The average Bonchev–Trinajstić information content (AvgIpc) is 2.86. The molecule has 0 bridgehead atoms. The van der Waals surface area contributed by atoms with Gasteiger partial charge >= 0.3 is 0 Å². The van der Waals surface area contributed by atoms with Gasteiger partial charge in [-0.3, -0.25) is 15.0 Å². The summed E-state index contributed by atoms with van der Waals surface area (Å²) in [6.07, 6.45) is 1.15. The van der Waals surface area contributed by atoms with Crippen LogP contribution in [0.1, 0.15) is 12.0 Å². The zero-order valence-corrected chi connectivity index (χ0v) is 12.0. The monoisotopic (exact) mass is 279 g/mol. The number of hydrogen-bond acceptors (Lipinski definition) is 5. The van der Waals surface area contributed by atoms with Crippen molar-refractivity contribution >= 4 is 11.4 Å². The van der Waals surface area contributed by atoms with Gasteiger partial charge in [0.05, 0.1) is 11.5 Å². The summed E-state index contributed by atoms with van der Waals surface area (Å²) >= 11 is 0. The number of anilines is 1. The Morgan fingerprint density at radius 3 is 3.00 bits per heavy atom. The number of nitrogens with one attached hydrogen (secondary N) is 1. The summed E-state index contributed by atoms with van der Waals surface area (Å²) < 4.78 is 5.19. The number of nitro groups is 1. The highest BCUT2D eigenvalue weighted by Gasteiger charge is 2.22. The number of hydrogen-bond donors (Lipinski definition) is 1. The first-order chi connectivity index (χ1) is 9.63. The molecule has 6 nitrogen and oxygen atoms in total. The second-order valence-corrected chi connectivity index (χ2v) is 5.20. The molecule has 0 radical (unpaired) electrons. The van der Waals surface area contributed by atoms with Gasteiger partial charge in [-0.2, -0.15) is 0 Å². The molecule has 1 aromatic rings. The van der Waals surface area contributed by atoms with Gasteiger partial charge in [-0.1, -0.05) is 6.07 Å². The molecule has 1 aliphatic heterocycles. The van der Waals surface area contributed by atoms with Gasteiger partial charge in [0.15, 0.2) is 0 Å². The van der Waals surface area contributed by atoms with Crippen LogP contribution in [-0.2, 0) is 11.3 Å². The molecule has 6 heteroatoms. The van der Waals surface area contributed by atoms with Gasteiger partial charge in [0.2, 0.25) is 0 Å². The van der Waals surface area contributed by atoms with Crippen LogP contribution >= 0.6 is 0 Å². The molecule has 1 fully saturated rings. The quantitative estimate of drug-likeness (QED) is 0.638. The van der Waals surface area contributed by atoms with Crippen molar-refractivity contribution in [3.05, 3.63) is 33.9 Å². The molecule has 0 spiro atoms. The van der Waals surface area contributed by atoms with Gasteiger partial charge in [-0.25, -0.2) is 0 Å². The lowest BCUT2D eigenvalue weighted by molar-refractivity contribution is -0.384. The summed E-state index contributed by atoms with van der Waals surface area (Å²) in [5.41, 5.74) is 1.79. The largest absolute Gasteiger partial charge is 0.384 e. The molecule has 2 rings (SSSR count). The summed E-state index contributed by atoms with van der Waals surface area (Å²) in [5.74, 6) is 0.599. The summed E-state index contributed by atoms with van der Waals surface area (Å²) in [7, 11) is 3.44. The summed E-state index contributed by atoms with van der Waals surface area (Å²) in [5, 5.41) is 13.8. The molecule has 20 heavy (non-hydrogen) atoms. The van der Waals surface area contributed by atoms with Crippen LogP contribution in [0.15, 0.2) is 18.2 Å². The average molecular weight is 279 g/mol. The van der Waals surface area contributed by atoms with E-state index >= 15 is 0 Å². The number of rotatable bonds is 6. The Labute approximate surface area is 118 Å². The zero-order chi connectivity index (χ0) is 14.5. The molecule has 1 saturated heterocycles. The number of likely N-dealkylation sites (tertiary alicyclic amines) is 1. The van der Waals surface area contributed by atoms with E-state index in [1.807, 2.05) is 12.1 Å². The van der Waals surface area contributed by atoms with E-state index in [0.29, 0.717) is 11.6 Å². The van der Waals surface area contributed by atoms with Gasteiger partial charge in [0.25, 0.3) is 5.69 Å². The Hall–Kier alpha value is -1.66. The van der Waals surface area contributed by atoms with Gasteiger partial charge in [-0.05, 0) is 30.5 Å². The first-order valence-electron chi connectivity index (χ1n) is 6.80. The Kier molecular flexibility index (Phi) is 4.92. The standard InChI is InChI=1S/C14H21N3O3/c1-15-13-7-11(3-4-14(13)17(18)19)8-16-6-5-12(9-16)10-20-2/h3-4,7,12,15H,5-6,8-10H2,1-2H3. The maximum atomic E-state index is 10.9. The minimum atomic E-state index is -0.361. The fourth-order valence-electron chi connectivity index (χ4n) is 2.73. The van der Waals surface area contributed by atoms with Crippen molar-refractivity contribution in [2.45, 2.75) is 13.0 Å². The minimum Gasteiger partial charge on any atom is -0.384 e. The van der Waals surface area contributed by atoms with Crippen molar-refractivity contribution in [3.63, 3.8) is 0 Å². The molecule has 0 amide bonds. The van der Waals surface area contributed by atoms with E-state index in [4.69, 9.17) is 4.74 Å². The van der Waals surface area contributed by atoms with E-state index < -0.39 is 0 Å². The molecule has 0 aromatic heterocycles. The van der Waals surface area contributed by atoms with Crippen molar-refractivity contribution < 1.29 is 9.66 Å². The van der Waals surface area contributed by atoms with E-state index in [9.17, 15) is 10.1 Å². The van der Waals surface area contributed by atoms with Crippen LogP contribution in [0, 0.1) is 16.0 Å². The predicted molar refractivity (Wildman–Crippen MR) is 77.9 cm³/mol. The lowest BCUT2D eigenvalue weighted by Crippen LogP contribution is -2.21. The third-order valence-corrected chi connectivity index (χ3v) is 3.71. The van der Waals surface area contributed by atoms with Gasteiger partial charge in [0, 0.05) is 33.3 Å². The lowest BCUT2D eigenvalue weighted by atomic mass is 10.1. The first-order valence-corrected chi connectivity index (χ1v) is 6.80. The summed E-state index contributed by atoms with van der Waals surface area (Å²) in [4.78, 5) is 12.9. The second kappa shape index (κ2) is 6.67. The van der Waals surface area contributed by atoms with Crippen LogP contribution in [0.4, 0.5) is 11.4 Å². The van der Waals surface area contributed by atoms with Crippen LogP contribution in [0.25, 0.3) is 0 Å². The summed E-state index contributed by atoms with van der Waals surface area (Å²) in [6.45, 7) is 3.71. The normalized spacial score (nSPS) is 19.2. The maximum absolute atomic E-state index is 10.9. The highest BCUT2D eigenvalue weighted by Crippen LogP contribution is 2.26. The first kappa shape index (κ1) is 14.7.